The number of carbonyl (C=O) groups is 1. The molecular weight excluding hydrogens is 296 g/mol. The van der Waals surface area contributed by atoms with Gasteiger partial charge < -0.3 is 5.32 Å². The first-order valence-corrected chi connectivity index (χ1v) is 8.41. The van der Waals surface area contributed by atoms with Gasteiger partial charge in [0.2, 0.25) is 5.91 Å². The van der Waals surface area contributed by atoms with E-state index in [9.17, 15) is 13.6 Å². The Morgan fingerprint density at radius 2 is 1.83 bits per heavy atom. The molecule has 1 aromatic rings. The highest BCUT2D eigenvalue weighted by molar-refractivity contribution is 5.79. The Bertz CT molecular complexity index is 545. The molecule has 0 bridgehead atoms. The number of benzene rings is 1. The average molecular weight is 323 g/mol. The molecule has 0 aromatic heterocycles. The SMILES string of the molecule is CC1CC1CC(CCc1cc(F)cc(F)c1)C(=O)NC(C)(C)C. The van der Waals surface area contributed by atoms with Crippen molar-refractivity contribution in [3.63, 3.8) is 0 Å². The van der Waals surface area contributed by atoms with Gasteiger partial charge in [-0.25, -0.2) is 8.78 Å². The maximum atomic E-state index is 13.3. The van der Waals surface area contributed by atoms with E-state index >= 15 is 0 Å². The molecule has 2 rings (SSSR count). The number of rotatable bonds is 6. The molecule has 0 saturated heterocycles. The van der Waals surface area contributed by atoms with Crippen LogP contribution in [0.1, 0.15) is 52.5 Å². The number of aryl methyl sites for hydroxylation is 1. The minimum Gasteiger partial charge on any atom is -0.351 e. The zero-order chi connectivity index (χ0) is 17.2. The summed E-state index contributed by atoms with van der Waals surface area (Å²) in [7, 11) is 0. The topological polar surface area (TPSA) is 29.1 Å². The van der Waals surface area contributed by atoms with E-state index in [-0.39, 0.29) is 17.4 Å². The van der Waals surface area contributed by atoms with Crippen molar-refractivity contribution < 1.29 is 13.6 Å². The molecule has 23 heavy (non-hydrogen) atoms. The predicted octanol–water partition coefficient (Wildman–Crippen LogP) is 4.47. The number of halogens is 2. The average Bonchev–Trinajstić information content (AvgIpc) is 3.06. The summed E-state index contributed by atoms with van der Waals surface area (Å²) in [5.74, 6) is 0.114. The molecule has 1 aliphatic rings. The predicted molar refractivity (Wildman–Crippen MR) is 88.0 cm³/mol. The molecule has 1 N–H and O–H groups in total. The van der Waals surface area contributed by atoms with Crippen LogP contribution in [0.2, 0.25) is 0 Å². The van der Waals surface area contributed by atoms with E-state index in [1.807, 2.05) is 20.8 Å². The second-order valence-electron chi connectivity index (χ2n) is 7.96. The van der Waals surface area contributed by atoms with E-state index in [0.29, 0.717) is 30.2 Å². The minimum atomic E-state index is -0.563. The number of hydrogen-bond acceptors (Lipinski definition) is 1. The molecule has 0 radical (unpaired) electrons. The Balaban J connectivity index is 2.00. The Kier molecular flexibility index (Phi) is 5.43. The number of hydrogen-bond donors (Lipinski definition) is 1. The molecule has 2 nitrogen and oxygen atoms in total. The van der Waals surface area contributed by atoms with Crippen molar-refractivity contribution in [3.8, 4) is 0 Å². The summed E-state index contributed by atoms with van der Waals surface area (Å²) < 4.78 is 26.6. The highest BCUT2D eigenvalue weighted by atomic mass is 19.1. The molecule has 4 heteroatoms. The van der Waals surface area contributed by atoms with Crippen LogP contribution in [0, 0.1) is 29.4 Å². The normalized spacial score (nSPS) is 21.8. The zero-order valence-corrected chi connectivity index (χ0v) is 14.5. The van der Waals surface area contributed by atoms with Crippen LogP contribution in [0.3, 0.4) is 0 Å². The molecule has 128 valence electrons. The summed E-state index contributed by atoms with van der Waals surface area (Å²) in [4.78, 5) is 12.5. The van der Waals surface area contributed by atoms with Gasteiger partial charge in [0, 0.05) is 17.5 Å². The fraction of sp³-hybridized carbons (Fsp3) is 0.632. The van der Waals surface area contributed by atoms with Gasteiger partial charge in [0.05, 0.1) is 0 Å². The van der Waals surface area contributed by atoms with Crippen molar-refractivity contribution in [2.75, 3.05) is 0 Å². The molecule has 1 saturated carbocycles. The smallest absolute Gasteiger partial charge is 0.223 e. The first-order valence-electron chi connectivity index (χ1n) is 8.41. The third-order valence-electron chi connectivity index (χ3n) is 4.44. The van der Waals surface area contributed by atoms with Crippen LogP contribution in [0.5, 0.6) is 0 Å². The van der Waals surface area contributed by atoms with E-state index in [4.69, 9.17) is 0 Å². The van der Waals surface area contributed by atoms with Gasteiger partial charge in [-0.3, -0.25) is 4.79 Å². The lowest BCUT2D eigenvalue weighted by Crippen LogP contribution is -2.44. The lowest BCUT2D eigenvalue weighted by atomic mass is 9.92. The van der Waals surface area contributed by atoms with Gasteiger partial charge in [-0.2, -0.15) is 0 Å². The second-order valence-corrected chi connectivity index (χ2v) is 7.96. The van der Waals surface area contributed by atoms with Gasteiger partial charge in [0.1, 0.15) is 11.6 Å². The van der Waals surface area contributed by atoms with E-state index in [2.05, 4.69) is 12.2 Å². The van der Waals surface area contributed by atoms with Crippen LogP contribution in [0.4, 0.5) is 8.78 Å². The quantitative estimate of drug-likeness (QED) is 0.822. The number of carbonyl (C=O) groups excluding carboxylic acids is 1. The van der Waals surface area contributed by atoms with E-state index in [1.54, 1.807) is 0 Å². The fourth-order valence-corrected chi connectivity index (χ4v) is 3.02. The second kappa shape index (κ2) is 6.98. The number of amides is 1. The van der Waals surface area contributed by atoms with E-state index in [0.717, 1.165) is 12.5 Å². The third-order valence-corrected chi connectivity index (χ3v) is 4.44. The largest absolute Gasteiger partial charge is 0.351 e. The Morgan fingerprint density at radius 3 is 2.30 bits per heavy atom. The fourth-order valence-electron chi connectivity index (χ4n) is 3.02. The van der Waals surface area contributed by atoms with Crippen molar-refractivity contribution in [2.45, 2.75) is 58.9 Å². The molecule has 0 spiro atoms. The van der Waals surface area contributed by atoms with Gasteiger partial charge in [-0.05, 0) is 76.0 Å². The maximum Gasteiger partial charge on any atom is 0.223 e. The molecule has 1 fully saturated rings. The van der Waals surface area contributed by atoms with E-state index < -0.39 is 11.6 Å². The summed E-state index contributed by atoms with van der Waals surface area (Å²) in [5, 5.41) is 3.04. The highest BCUT2D eigenvalue weighted by Crippen LogP contribution is 2.43. The molecule has 0 heterocycles. The minimum absolute atomic E-state index is 0.0495. The summed E-state index contributed by atoms with van der Waals surface area (Å²) in [5.41, 5.74) is 0.343. The molecule has 1 aliphatic carbocycles. The Hall–Kier alpha value is -1.45. The lowest BCUT2D eigenvalue weighted by molar-refractivity contribution is -0.127. The molecule has 3 atom stereocenters. The monoisotopic (exact) mass is 323 g/mol. The van der Waals surface area contributed by atoms with Crippen molar-refractivity contribution >= 4 is 5.91 Å². The number of nitrogens with one attached hydrogen (secondary N) is 1. The summed E-state index contributed by atoms with van der Waals surface area (Å²) >= 11 is 0. The van der Waals surface area contributed by atoms with Gasteiger partial charge in [-0.1, -0.05) is 6.92 Å². The zero-order valence-electron chi connectivity index (χ0n) is 14.5. The molecule has 1 amide bonds. The maximum absolute atomic E-state index is 13.3. The summed E-state index contributed by atoms with van der Waals surface area (Å²) in [6.45, 7) is 8.09. The molecule has 0 aliphatic heterocycles. The third kappa shape index (κ3) is 5.92. The van der Waals surface area contributed by atoms with Gasteiger partial charge in [0.25, 0.3) is 0 Å². The van der Waals surface area contributed by atoms with Crippen LogP contribution in [0.25, 0.3) is 0 Å². The van der Waals surface area contributed by atoms with Crippen LogP contribution in [-0.2, 0) is 11.2 Å². The van der Waals surface area contributed by atoms with Gasteiger partial charge in [-0.15, -0.1) is 0 Å². The highest BCUT2D eigenvalue weighted by Gasteiger charge is 2.36. The van der Waals surface area contributed by atoms with Crippen molar-refractivity contribution in [1.29, 1.82) is 0 Å². The van der Waals surface area contributed by atoms with Crippen LogP contribution < -0.4 is 5.32 Å². The Morgan fingerprint density at radius 1 is 1.26 bits per heavy atom. The van der Waals surface area contributed by atoms with Crippen LogP contribution in [0.15, 0.2) is 18.2 Å². The summed E-state index contributed by atoms with van der Waals surface area (Å²) in [6.07, 6.45) is 3.17. The molecular formula is C19H27F2NO. The van der Waals surface area contributed by atoms with Gasteiger partial charge >= 0.3 is 0 Å². The molecule has 1 aromatic carbocycles. The Labute approximate surface area is 137 Å². The van der Waals surface area contributed by atoms with Crippen LogP contribution in [-0.4, -0.2) is 11.4 Å². The first kappa shape index (κ1) is 17.9. The lowest BCUT2D eigenvalue weighted by Gasteiger charge is -2.25. The summed E-state index contributed by atoms with van der Waals surface area (Å²) in [6, 6.07) is 3.57. The van der Waals surface area contributed by atoms with Crippen molar-refractivity contribution in [2.24, 2.45) is 17.8 Å². The van der Waals surface area contributed by atoms with Crippen LogP contribution >= 0.6 is 0 Å². The molecule has 3 unspecified atom stereocenters. The van der Waals surface area contributed by atoms with E-state index in [1.165, 1.54) is 18.6 Å². The van der Waals surface area contributed by atoms with Gasteiger partial charge in [0.15, 0.2) is 0 Å². The van der Waals surface area contributed by atoms with Crippen molar-refractivity contribution in [3.05, 3.63) is 35.4 Å². The first-order chi connectivity index (χ1) is 10.6. The standard InChI is InChI=1S/C19H27F2NO/c1-12-7-15(12)10-14(18(23)22-19(2,3)4)6-5-13-8-16(20)11-17(21)9-13/h8-9,11-12,14-15H,5-7,10H2,1-4H3,(H,22,23). The van der Waals surface area contributed by atoms with Crippen molar-refractivity contribution in [1.82, 2.24) is 5.32 Å².